The Morgan fingerprint density at radius 2 is 1.88 bits per heavy atom. The molecular weight excluding hydrogens is 457 g/mol. The zero-order chi connectivity index (χ0) is 23.6. The van der Waals surface area contributed by atoms with Gasteiger partial charge in [-0.3, -0.25) is 9.78 Å². The van der Waals surface area contributed by atoms with Gasteiger partial charge in [0.15, 0.2) is 11.9 Å². The van der Waals surface area contributed by atoms with Crippen LogP contribution in [0.5, 0.6) is 5.88 Å². The van der Waals surface area contributed by atoms with Gasteiger partial charge in [-0.15, -0.1) is 0 Å². The second-order valence-electron chi connectivity index (χ2n) is 6.74. The number of aromatic nitrogens is 2. The van der Waals surface area contributed by atoms with E-state index in [0.717, 1.165) is 11.6 Å². The van der Waals surface area contributed by atoms with Crippen LogP contribution in [0.1, 0.15) is 22.8 Å². The fourth-order valence-corrected chi connectivity index (χ4v) is 2.75. The summed E-state index contributed by atoms with van der Waals surface area (Å²) in [5, 5.41) is 1.94. The molecule has 0 fully saturated rings. The van der Waals surface area contributed by atoms with Crippen LogP contribution in [0.4, 0.5) is 27.6 Å². The molecule has 1 amide bonds. The van der Waals surface area contributed by atoms with Crippen LogP contribution in [0.3, 0.4) is 0 Å². The third-order valence-corrected chi connectivity index (χ3v) is 4.61. The maximum absolute atomic E-state index is 14.8. The molecule has 32 heavy (non-hydrogen) atoms. The molecule has 3 aromatic rings. The van der Waals surface area contributed by atoms with Gasteiger partial charge in [0.25, 0.3) is 5.91 Å². The summed E-state index contributed by atoms with van der Waals surface area (Å²) in [5.41, 5.74) is -0.766. The van der Waals surface area contributed by atoms with Gasteiger partial charge in [-0.2, -0.15) is 13.2 Å². The summed E-state index contributed by atoms with van der Waals surface area (Å²) in [5.74, 6) is -3.92. The van der Waals surface area contributed by atoms with E-state index in [-0.39, 0.29) is 10.7 Å². The number of nitrogens with one attached hydrogen (secondary N) is 1. The third-order valence-electron chi connectivity index (χ3n) is 4.29. The van der Waals surface area contributed by atoms with Gasteiger partial charge in [-0.1, -0.05) is 23.7 Å². The number of carbonyl (C=O) groups excluding carboxylic acids is 1. The molecule has 2 aromatic heterocycles. The molecular formula is C21H15ClF5N3O2. The van der Waals surface area contributed by atoms with Crippen molar-refractivity contribution in [1.82, 2.24) is 9.97 Å². The van der Waals surface area contributed by atoms with Gasteiger partial charge in [0, 0.05) is 6.20 Å². The van der Waals surface area contributed by atoms with Gasteiger partial charge in [-0.05, 0) is 43.7 Å². The average molecular weight is 472 g/mol. The van der Waals surface area contributed by atoms with Crippen LogP contribution in [0.15, 0.2) is 42.6 Å². The summed E-state index contributed by atoms with van der Waals surface area (Å²) in [6.07, 6.45) is -5.75. The molecule has 1 aromatic carbocycles. The number of amides is 1. The maximum atomic E-state index is 14.8. The number of anilines is 1. The number of pyridine rings is 2. The first-order chi connectivity index (χ1) is 15.0. The topological polar surface area (TPSA) is 64.1 Å². The standard InChI is InChI=1S/C21H15ClF5N3O2/c1-10-6-7-16(28-9-10)18-15(24)8-12(20(30-18)32-11(2)21(25,26)27)19(31)29-17-13(22)4-3-5-14(17)23/h3-9,11H,1-2H3,(H,29,31). The molecule has 0 radical (unpaired) electrons. The molecule has 1 N–H and O–H groups in total. The highest BCUT2D eigenvalue weighted by molar-refractivity contribution is 6.34. The number of rotatable bonds is 5. The van der Waals surface area contributed by atoms with E-state index in [0.29, 0.717) is 13.0 Å². The largest absolute Gasteiger partial charge is 0.464 e. The number of hydrogen-bond donors (Lipinski definition) is 1. The lowest BCUT2D eigenvalue weighted by Crippen LogP contribution is -2.32. The Kier molecular flexibility index (Phi) is 6.63. The lowest BCUT2D eigenvalue weighted by Gasteiger charge is -2.19. The maximum Gasteiger partial charge on any atom is 0.425 e. The second kappa shape index (κ2) is 9.07. The normalized spacial score (nSPS) is 12.4. The monoisotopic (exact) mass is 471 g/mol. The molecule has 0 saturated heterocycles. The first-order valence-electron chi connectivity index (χ1n) is 9.09. The minimum atomic E-state index is -4.79. The van der Waals surface area contributed by atoms with Crippen molar-refractivity contribution < 1.29 is 31.5 Å². The fourth-order valence-electron chi connectivity index (χ4n) is 2.54. The minimum Gasteiger partial charge on any atom is -0.464 e. The third kappa shape index (κ3) is 5.13. The van der Waals surface area contributed by atoms with Crippen molar-refractivity contribution in [1.29, 1.82) is 0 Å². The first kappa shape index (κ1) is 23.4. The molecule has 168 valence electrons. The molecule has 1 atom stereocenters. The van der Waals surface area contributed by atoms with Crippen molar-refractivity contribution in [3.05, 3.63) is 70.4 Å². The van der Waals surface area contributed by atoms with E-state index in [4.69, 9.17) is 16.3 Å². The summed E-state index contributed by atoms with van der Waals surface area (Å²) >= 11 is 5.86. The van der Waals surface area contributed by atoms with Gasteiger partial charge in [0.05, 0.1) is 16.4 Å². The Morgan fingerprint density at radius 3 is 2.47 bits per heavy atom. The van der Waals surface area contributed by atoms with E-state index in [2.05, 4.69) is 15.3 Å². The molecule has 0 spiro atoms. The lowest BCUT2D eigenvalue weighted by atomic mass is 10.1. The minimum absolute atomic E-state index is 0.0155. The number of alkyl halides is 3. The SMILES string of the molecule is Cc1ccc(-c2nc(OC(C)C(F)(F)F)c(C(=O)Nc3c(F)cccc3Cl)cc2F)nc1. The van der Waals surface area contributed by atoms with E-state index in [1.807, 2.05) is 0 Å². The smallest absolute Gasteiger partial charge is 0.425 e. The highest BCUT2D eigenvalue weighted by Crippen LogP contribution is 2.31. The summed E-state index contributed by atoms with van der Waals surface area (Å²) in [7, 11) is 0. The Hall–Kier alpha value is -3.27. The van der Waals surface area contributed by atoms with E-state index >= 15 is 0 Å². The van der Waals surface area contributed by atoms with Gasteiger partial charge < -0.3 is 10.1 Å². The van der Waals surface area contributed by atoms with Crippen molar-refractivity contribution in [3.8, 4) is 17.3 Å². The van der Waals surface area contributed by atoms with Crippen LogP contribution in [-0.2, 0) is 0 Å². The Balaban J connectivity index is 2.08. The molecule has 0 aliphatic rings. The Morgan fingerprint density at radius 1 is 1.16 bits per heavy atom. The summed E-state index contributed by atoms with van der Waals surface area (Å²) in [4.78, 5) is 20.5. The van der Waals surface area contributed by atoms with Gasteiger partial charge in [-0.25, -0.2) is 13.8 Å². The molecule has 5 nitrogen and oxygen atoms in total. The highest BCUT2D eigenvalue weighted by Gasteiger charge is 2.39. The van der Waals surface area contributed by atoms with Crippen LogP contribution in [0, 0.1) is 18.6 Å². The van der Waals surface area contributed by atoms with Crippen LogP contribution in [0.25, 0.3) is 11.4 Å². The van der Waals surface area contributed by atoms with Crippen LogP contribution < -0.4 is 10.1 Å². The van der Waals surface area contributed by atoms with Gasteiger partial charge in [0.2, 0.25) is 5.88 Å². The van der Waals surface area contributed by atoms with Crippen molar-refractivity contribution in [2.45, 2.75) is 26.1 Å². The summed E-state index contributed by atoms with van der Waals surface area (Å²) in [6, 6.07) is 7.24. The number of carbonyl (C=O) groups is 1. The molecule has 11 heteroatoms. The number of hydrogen-bond acceptors (Lipinski definition) is 4. The van der Waals surface area contributed by atoms with Crippen LogP contribution in [-0.4, -0.2) is 28.2 Å². The number of halogens is 6. The zero-order valence-electron chi connectivity index (χ0n) is 16.6. The molecule has 0 aliphatic heterocycles. The molecule has 2 heterocycles. The zero-order valence-corrected chi connectivity index (χ0v) is 17.4. The summed E-state index contributed by atoms with van der Waals surface area (Å²) < 4.78 is 72.8. The molecule has 3 rings (SSSR count). The second-order valence-corrected chi connectivity index (χ2v) is 7.15. The van der Waals surface area contributed by atoms with Crippen molar-refractivity contribution >= 4 is 23.2 Å². The Bertz CT molecular complexity index is 1130. The van der Waals surface area contributed by atoms with Crippen molar-refractivity contribution in [2.75, 3.05) is 5.32 Å². The van der Waals surface area contributed by atoms with Gasteiger partial charge >= 0.3 is 6.18 Å². The predicted octanol–water partition coefficient (Wildman–Crippen LogP) is 5.97. The fraction of sp³-hybridized carbons (Fsp3) is 0.190. The summed E-state index contributed by atoms with van der Waals surface area (Å²) in [6.45, 7) is 2.44. The van der Waals surface area contributed by atoms with Crippen molar-refractivity contribution in [3.63, 3.8) is 0 Å². The molecule has 0 aliphatic carbocycles. The number of aryl methyl sites for hydroxylation is 1. The van der Waals surface area contributed by atoms with Crippen molar-refractivity contribution in [2.24, 2.45) is 0 Å². The first-order valence-corrected chi connectivity index (χ1v) is 9.47. The number of para-hydroxylation sites is 1. The quantitative estimate of drug-likeness (QED) is 0.466. The number of ether oxygens (including phenoxy) is 1. The van der Waals surface area contributed by atoms with Crippen LogP contribution >= 0.6 is 11.6 Å². The van der Waals surface area contributed by atoms with E-state index in [1.54, 1.807) is 13.0 Å². The molecule has 1 unspecified atom stereocenters. The van der Waals surface area contributed by atoms with E-state index in [9.17, 15) is 26.7 Å². The number of benzene rings is 1. The van der Waals surface area contributed by atoms with Crippen LogP contribution in [0.2, 0.25) is 5.02 Å². The van der Waals surface area contributed by atoms with E-state index in [1.165, 1.54) is 24.4 Å². The van der Waals surface area contributed by atoms with E-state index < -0.39 is 52.6 Å². The number of nitrogens with zero attached hydrogens (tertiary/aromatic N) is 2. The Labute approximate surface area is 184 Å². The molecule has 0 bridgehead atoms. The highest BCUT2D eigenvalue weighted by atomic mass is 35.5. The lowest BCUT2D eigenvalue weighted by molar-refractivity contribution is -0.190. The average Bonchev–Trinajstić information content (AvgIpc) is 2.71. The molecule has 0 saturated carbocycles. The predicted molar refractivity (Wildman–Crippen MR) is 108 cm³/mol. The van der Waals surface area contributed by atoms with Gasteiger partial charge in [0.1, 0.15) is 17.1 Å².